The fourth-order valence-corrected chi connectivity index (χ4v) is 3.65. The molecular formula is C23H26. The summed E-state index contributed by atoms with van der Waals surface area (Å²) < 4.78 is 0. The second-order valence-electron chi connectivity index (χ2n) is 6.88. The van der Waals surface area contributed by atoms with Crippen LogP contribution in [0, 0.1) is 27.7 Å². The van der Waals surface area contributed by atoms with Crippen molar-refractivity contribution >= 4 is 11.1 Å². The molecule has 2 aromatic carbocycles. The van der Waals surface area contributed by atoms with Gasteiger partial charge in [0.1, 0.15) is 0 Å². The predicted octanol–water partition coefficient (Wildman–Crippen LogP) is 6.57. The summed E-state index contributed by atoms with van der Waals surface area (Å²) >= 11 is 0. The third-order valence-corrected chi connectivity index (χ3v) is 5.68. The minimum absolute atomic E-state index is 1.05. The molecule has 0 atom stereocenters. The maximum atomic E-state index is 2.28. The van der Waals surface area contributed by atoms with Crippen molar-refractivity contribution in [1.29, 1.82) is 0 Å². The normalized spacial score (nSPS) is 14.9. The van der Waals surface area contributed by atoms with E-state index in [1.54, 1.807) is 0 Å². The highest BCUT2D eigenvalue weighted by atomic mass is 14.3. The largest absolute Gasteiger partial charge is 0.0614 e. The van der Waals surface area contributed by atoms with Gasteiger partial charge in [-0.15, -0.1) is 0 Å². The summed E-state index contributed by atoms with van der Waals surface area (Å²) in [6.07, 6.45) is 1.05. The Balaban J connectivity index is 2.08. The lowest BCUT2D eigenvalue weighted by molar-refractivity contribution is 1.27. The molecule has 0 aromatic heterocycles. The molecule has 0 saturated carbocycles. The molecule has 0 heteroatoms. The van der Waals surface area contributed by atoms with Gasteiger partial charge in [0.25, 0.3) is 0 Å². The Morgan fingerprint density at radius 1 is 0.565 bits per heavy atom. The SMILES string of the molecule is CC1=C(c2cccc(C)c2C)CC(c2cccc(C)c2C)=C1C. The van der Waals surface area contributed by atoms with Crippen molar-refractivity contribution in [2.24, 2.45) is 0 Å². The van der Waals surface area contributed by atoms with E-state index in [1.807, 2.05) is 0 Å². The summed E-state index contributed by atoms with van der Waals surface area (Å²) in [5.74, 6) is 0. The number of hydrogen-bond acceptors (Lipinski definition) is 0. The third-order valence-electron chi connectivity index (χ3n) is 5.68. The van der Waals surface area contributed by atoms with Crippen LogP contribution < -0.4 is 0 Å². The fourth-order valence-electron chi connectivity index (χ4n) is 3.65. The summed E-state index contributed by atoms with van der Waals surface area (Å²) in [5, 5.41) is 0. The summed E-state index contributed by atoms with van der Waals surface area (Å²) in [6.45, 7) is 13.5. The number of allylic oxidation sites excluding steroid dienone is 4. The Labute approximate surface area is 140 Å². The van der Waals surface area contributed by atoms with E-state index >= 15 is 0 Å². The highest BCUT2D eigenvalue weighted by Crippen LogP contribution is 2.44. The van der Waals surface area contributed by atoms with E-state index in [1.165, 1.54) is 55.7 Å². The van der Waals surface area contributed by atoms with Crippen LogP contribution in [0.3, 0.4) is 0 Å². The van der Waals surface area contributed by atoms with Gasteiger partial charge in [-0.3, -0.25) is 0 Å². The van der Waals surface area contributed by atoms with Gasteiger partial charge in [0.05, 0.1) is 0 Å². The Kier molecular flexibility index (Phi) is 4.02. The van der Waals surface area contributed by atoms with Gasteiger partial charge < -0.3 is 0 Å². The van der Waals surface area contributed by atoms with E-state index in [0.29, 0.717) is 0 Å². The molecule has 0 aliphatic heterocycles. The van der Waals surface area contributed by atoms with Gasteiger partial charge in [-0.25, -0.2) is 0 Å². The zero-order chi connectivity index (χ0) is 16.7. The van der Waals surface area contributed by atoms with E-state index < -0.39 is 0 Å². The van der Waals surface area contributed by atoms with Crippen LogP contribution in [0.4, 0.5) is 0 Å². The Morgan fingerprint density at radius 3 is 1.35 bits per heavy atom. The Hall–Kier alpha value is -2.08. The number of hydrogen-bond donors (Lipinski definition) is 0. The molecule has 118 valence electrons. The van der Waals surface area contributed by atoms with Gasteiger partial charge in [-0.05, 0) is 104 Å². The monoisotopic (exact) mass is 302 g/mol. The van der Waals surface area contributed by atoms with Crippen LogP contribution in [0.1, 0.15) is 53.6 Å². The first-order valence-electron chi connectivity index (χ1n) is 8.45. The molecule has 0 nitrogen and oxygen atoms in total. The molecule has 23 heavy (non-hydrogen) atoms. The topological polar surface area (TPSA) is 0 Å². The van der Waals surface area contributed by atoms with E-state index in [2.05, 4.69) is 77.9 Å². The maximum absolute atomic E-state index is 2.28. The molecule has 0 saturated heterocycles. The van der Waals surface area contributed by atoms with Crippen molar-refractivity contribution in [1.82, 2.24) is 0 Å². The number of aryl methyl sites for hydroxylation is 2. The quantitative estimate of drug-likeness (QED) is 0.588. The van der Waals surface area contributed by atoms with Gasteiger partial charge in [-0.2, -0.15) is 0 Å². The van der Waals surface area contributed by atoms with Crippen LogP contribution in [0.25, 0.3) is 11.1 Å². The lowest BCUT2D eigenvalue weighted by Crippen LogP contribution is -1.94. The highest BCUT2D eigenvalue weighted by Gasteiger charge is 2.23. The van der Waals surface area contributed by atoms with Gasteiger partial charge in [0, 0.05) is 0 Å². The molecule has 0 heterocycles. The van der Waals surface area contributed by atoms with E-state index in [-0.39, 0.29) is 0 Å². The summed E-state index contributed by atoms with van der Waals surface area (Å²) in [7, 11) is 0. The maximum Gasteiger partial charge on any atom is -0.000823 e. The second-order valence-corrected chi connectivity index (χ2v) is 6.88. The fraction of sp³-hybridized carbons (Fsp3) is 0.304. The van der Waals surface area contributed by atoms with Gasteiger partial charge >= 0.3 is 0 Å². The summed E-state index contributed by atoms with van der Waals surface area (Å²) in [4.78, 5) is 0. The molecule has 1 aliphatic carbocycles. The first kappa shape index (κ1) is 15.8. The summed E-state index contributed by atoms with van der Waals surface area (Å²) in [5.41, 5.74) is 14.3. The average Bonchev–Trinajstić information content (AvgIpc) is 2.81. The molecule has 0 radical (unpaired) electrons. The van der Waals surface area contributed by atoms with Crippen molar-refractivity contribution in [3.05, 3.63) is 80.9 Å². The third kappa shape index (κ3) is 2.57. The van der Waals surface area contributed by atoms with E-state index in [9.17, 15) is 0 Å². The van der Waals surface area contributed by atoms with Gasteiger partial charge in [0.15, 0.2) is 0 Å². The molecule has 3 rings (SSSR count). The molecular weight excluding hydrogens is 276 g/mol. The van der Waals surface area contributed by atoms with Gasteiger partial charge in [-0.1, -0.05) is 36.4 Å². The van der Waals surface area contributed by atoms with Crippen molar-refractivity contribution in [3.63, 3.8) is 0 Å². The molecule has 0 N–H and O–H groups in total. The minimum atomic E-state index is 1.05. The first-order valence-corrected chi connectivity index (χ1v) is 8.45. The number of benzene rings is 2. The van der Waals surface area contributed by atoms with Crippen LogP contribution in [0.2, 0.25) is 0 Å². The van der Waals surface area contributed by atoms with Crippen LogP contribution in [0.5, 0.6) is 0 Å². The zero-order valence-electron chi connectivity index (χ0n) is 15.2. The smallest absolute Gasteiger partial charge is 0.000823 e. The van der Waals surface area contributed by atoms with Gasteiger partial charge in [0.2, 0.25) is 0 Å². The lowest BCUT2D eigenvalue weighted by atomic mass is 9.91. The van der Waals surface area contributed by atoms with Crippen molar-refractivity contribution in [3.8, 4) is 0 Å². The van der Waals surface area contributed by atoms with Crippen molar-refractivity contribution < 1.29 is 0 Å². The second kappa shape index (κ2) is 5.85. The molecule has 0 amide bonds. The Bertz CT molecular complexity index is 773. The highest BCUT2D eigenvalue weighted by molar-refractivity contribution is 5.93. The minimum Gasteiger partial charge on any atom is -0.0614 e. The summed E-state index contributed by atoms with van der Waals surface area (Å²) in [6, 6.07) is 13.3. The predicted molar refractivity (Wildman–Crippen MR) is 102 cm³/mol. The lowest BCUT2D eigenvalue weighted by Gasteiger charge is -2.14. The van der Waals surface area contributed by atoms with Crippen LogP contribution in [-0.4, -0.2) is 0 Å². The van der Waals surface area contributed by atoms with Crippen molar-refractivity contribution in [2.75, 3.05) is 0 Å². The molecule has 0 spiro atoms. The molecule has 1 aliphatic rings. The van der Waals surface area contributed by atoms with Crippen LogP contribution in [-0.2, 0) is 0 Å². The van der Waals surface area contributed by atoms with Crippen molar-refractivity contribution in [2.45, 2.75) is 48.0 Å². The molecule has 0 bridgehead atoms. The molecule has 0 fully saturated rings. The average molecular weight is 302 g/mol. The number of rotatable bonds is 2. The van der Waals surface area contributed by atoms with Crippen LogP contribution >= 0.6 is 0 Å². The Morgan fingerprint density at radius 2 is 0.957 bits per heavy atom. The standard InChI is InChI=1S/C23H26/c1-14-9-7-11-20(16(14)3)22-13-23(19(6)18(22)5)21-12-8-10-15(2)17(21)4/h7-12H,13H2,1-6H3. The first-order chi connectivity index (χ1) is 10.9. The van der Waals surface area contributed by atoms with E-state index in [4.69, 9.17) is 0 Å². The zero-order valence-corrected chi connectivity index (χ0v) is 15.2. The van der Waals surface area contributed by atoms with Crippen LogP contribution in [0.15, 0.2) is 47.5 Å². The molecule has 2 aromatic rings. The van der Waals surface area contributed by atoms with E-state index in [0.717, 1.165) is 6.42 Å². The molecule has 0 unspecified atom stereocenters.